The number of imide groups is 1. The maximum Gasteiger partial charge on any atom is 0.261 e. The van der Waals surface area contributed by atoms with E-state index in [0.29, 0.717) is 28.7 Å². The number of hydrogen-bond acceptors (Lipinski definition) is 4. The molecule has 5 nitrogen and oxygen atoms in total. The van der Waals surface area contributed by atoms with Gasteiger partial charge in [-0.05, 0) is 30.3 Å². The third-order valence-electron chi connectivity index (χ3n) is 3.55. The Kier molecular flexibility index (Phi) is 4.25. The second-order valence-electron chi connectivity index (χ2n) is 4.96. The summed E-state index contributed by atoms with van der Waals surface area (Å²) in [6.07, 6.45) is 0.697. The molecule has 116 valence electrons. The molecule has 2 aromatic carbocycles. The van der Waals surface area contributed by atoms with Crippen LogP contribution < -0.4 is 4.74 Å². The van der Waals surface area contributed by atoms with Gasteiger partial charge < -0.3 is 4.74 Å². The van der Waals surface area contributed by atoms with Crippen LogP contribution >= 0.6 is 15.9 Å². The summed E-state index contributed by atoms with van der Waals surface area (Å²) in [5, 5.41) is 0. The van der Waals surface area contributed by atoms with Crippen LogP contribution in [0, 0.1) is 0 Å². The lowest BCUT2D eigenvalue weighted by Crippen LogP contribution is -2.33. The molecule has 0 aliphatic carbocycles. The molecule has 2 amide bonds. The predicted octanol–water partition coefficient (Wildman–Crippen LogP) is 2.94. The summed E-state index contributed by atoms with van der Waals surface area (Å²) in [7, 11) is 0. The molecule has 23 heavy (non-hydrogen) atoms. The molecule has 1 aliphatic rings. The van der Waals surface area contributed by atoms with Crippen LogP contribution in [0.4, 0.5) is 0 Å². The normalized spacial score (nSPS) is 13.2. The summed E-state index contributed by atoms with van der Waals surface area (Å²) in [5.41, 5.74) is 1.23. The van der Waals surface area contributed by atoms with E-state index in [1.165, 1.54) is 0 Å². The number of aldehydes is 1. The number of carbonyl (C=O) groups excluding carboxylic acids is 3. The number of nitrogens with zero attached hydrogens (tertiary/aromatic N) is 1. The van der Waals surface area contributed by atoms with Crippen molar-refractivity contribution in [1.29, 1.82) is 0 Å². The number of amides is 2. The van der Waals surface area contributed by atoms with E-state index in [4.69, 9.17) is 4.74 Å². The number of ether oxygens (including phenoxy) is 1. The topological polar surface area (TPSA) is 63.7 Å². The number of rotatable bonds is 5. The van der Waals surface area contributed by atoms with E-state index >= 15 is 0 Å². The monoisotopic (exact) mass is 373 g/mol. The summed E-state index contributed by atoms with van der Waals surface area (Å²) in [5.74, 6) is -0.221. The molecule has 0 spiro atoms. The molecule has 0 bridgehead atoms. The van der Waals surface area contributed by atoms with Gasteiger partial charge in [0.2, 0.25) is 0 Å². The zero-order valence-electron chi connectivity index (χ0n) is 12.0. The highest BCUT2D eigenvalue weighted by molar-refractivity contribution is 9.10. The Morgan fingerprint density at radius 1 is 1.04 bits per heavy atom. The number of halogens is 1. The zero-order chi connectivity index (χ0) is 16.4. The van der Waals surface area contributed by atoms with Gasteiger partial charge in [0, 0.05) is 4.47 Å². The van der Waals surface area contributed by atoms with Crippen LogP contribution in [0.3, 0.4) is 0 Å². The van der Waals surface area contributed by atoms with Gasteiger partial charge in [-0.2, -0.15) is 0 Å². The van der Waals surface area contributed by atoms with Crippen molar-refractivity contribution < 1.29 is 19.1 Å². The smallest absolute Gasteiger partial charge is 0.261 e. The molecule has 1 aliphatic heterocycles. The summed E-state index contributed by atoms with van der Waals surface area (Å²) in [6.45, 7) is 0.245. The highest BCUT2D eigenvalue weighted by atomic mass is 79.9. The van der Waals surface area contributed by atoms with Crippen LogP contribution in [0.25, 0.3) is 0 Å². The van der Waals surface area contributed by atoms with Crippen LogP contribution in [0.1, 0.15) is 31.1 Å². The van der Waals surface area contributed by atoms with Crippen LogP contribution in [0.2, 0.25) is 0 Å². The fraction of sp³-hybridized carbons (Fsp3) is 0.118. The Balaban J connectivity index is 1.68. The highest BCUT2D eigenvalue weighted by Crippen LogP contribution is 2.24. The minimum absolute atomic E-state index is 0.119. The lowest BCUT2D eigenvalue weighted by molar-refractivity contribution is 0.0630. The van der Waals surface area contributed by atoms with Crippen molar-refractivity contribution >= 4 is 34.0 Å². The summed E-state index contributed by atoms with van der Waals surface area (Å²) < 4.78 is 6.31. The second-order valence-corrected chi connectivity index (χ2v) is 5.87. The fourth-order valence-corrected chi connectivity index (χ4v) is 2.81. The average molecular weight is 374 g/mol. The zero-order valence-corrected chi connectivity index (χ0v) is 13.6. The lowest BCUT2D eigenvalue weighted by Gasteiger charge is -2.15. The fourth-order valence-electron chi connectivity index (χ4n) is 2.43. The third kappa shape index (κ3) is 2.90. The summed E-state index contributed by atoms with van der Waals surface area (Å²) in [6, 6.07) is 11.8. The van der Waals surface area contributed by atoms with Gasteiger partial charge in [0.05, 0.1) is 23.2 Å². The van der Waals surface area contributed by atoms with E-state index in [0.717, 1.165) is 9.37 Å². The van der Waals surface area contributed by atoms with E-state index in [1.807, 2.05) is 0 Å². The van der Waals surface area contributed by atoms with Crippen molar-refractivity contribution in [1.82, 2.24) is 4.90 Å². The standard InChI is InChI=1S/C17H12BrNO4/c18-12-5-6-15(11(9-12)10-20)23-8-7-19-16(21)13-3-1-2-4-14(13)17(19)22/h1-6,9-10H,7-8H2. The van der Waals surface area contributed by atoms with Crippen molar-refractivity contribution in [2.24, 2.45) is 0 Å². The molecule has 0 saturated heterocycles. The van der Waals surface area contributed by atoms with Crippen molar-refractivity contribution in [2.45, 2.75) is 0 Å². The molecule has 0 fully saturated rings. The molecule has 1 heterocycles. The van der Waals surface area contributed by atoms with Gasteiger partial charge in [-0.15, -0.1) is 0 Å². The maximum atomic E-state index is 12.2. The van der Waals surface area contributed by atoms with Crippen molar-refractivity contribution in [3.05, 3.63) is 63.6 Å². The molecule has 0 unspecified atom stereocenters. The molecule has 2 aromatic rings. The predicted molar refractivity (Wildman–Crippen MR) is 86.8 cm³/mol. The number of hydrogen-bond donors (Lipinski definition) is 0. The lowest BCUT2D eigenvalue weighted by atomic mass is 10.1. The second kappa shape index (κ2) is 6.34. The summed E-state index contributed by atoms with van der Waals surface area (Å²) in [4.78, 5) is 36.6. The molecular formula is C17H12BrNO4. The molecule has 3 rings (SSSR count). The Morgan fingerprint density at radius 2 is 1.70 bits per heavy atom. The molecule has 6 heteroatoms. The average Bonchev–Trinajstić information content (AvgIpc) is 2.81. The van der Waals surface area contributed by atoms with Gasteiger partial charge in [-0.3, -0.25) is 19.3 Å². The van der Waals surface area contributed by atoms with E-state index in [2.05, 4.69) is 15.9 Å². The number of carbonyl (C=O) groups is 3. The Labute approximate surface area is 141 Å². The molecule has 0 saturated carbocycles. The van der Waals surface area contributed by atoms with E-state index in [9.17, 15) is 14.4 Å². The van der Waals surface area contributed by atoms with Gasteiger partial charge in [-0.1, -0.05) is 28.1 Å². The third-order valence-corrected chi connectivity index (χ3v) is 4.04. The van der Waals surface area contributed by atoms with Gasteiger partial charge in [0.25, 0.3) is 11.8 Å². The molecule has 0 atom stereocenters. The van der Waals surface area contributed by atoms with Crippen molar-refractivity contribution in [3.63, 3.8) is 0 Å². The quantitative estimate of drug-likeness (QED) is 0.596. The van der Waals surface area contributed by atoms with Gasteiger partial charge in [0.1, 0.15) is 12.4 Å². The minimum atomic E-state index is -0.319. The van der Waals surface area contributed by atoms with Crippen molar-refractivity contribution in [3.8, 4) is 5.75 Å². The van der Waals surface area contributed by atoms with Gasteiger partial charge in [-0.25, -0.2) is 0 Å². The first kappa shape index (κ1) is 15.4. The number of benzene rings is 2. The molecule has 0 N–H and O–H groups in total. The van der Waals surface area contributed by atoms with Crippen LogP contribution in [0.5, 0.6) is 5.75 Å². The Hall–Kier alpha value is -2.47. The minimum Gasteiger partial charge on any atom is -0.491 e. The largest absolute Gasteiger partial charge is 0.491 e. The van der Waals surface area contributed by atoms with E-state index < -0.39 is 0 Å². The molecule has 0 aromatic heterocycles. The Bertz CT molecular complexity index is 768. The highest BCUT2D eigenvalue weighted by Gasteiger charge is 2.34. The first-order valence-corrected chi connectivity index (χ1v) is 7.74. The van der Waals surface area contributed by atoms with Gasteiger partial charge in [0.15, 0.2) is 6.29 Å². The van der Waals surface area contributed by atoms with Crippen molar-refractivity contribution in [2.75, 3.05) is 13.2 Å². The van der Waals surface area contributed by atoms with E-state index in [-0.39, 0.29) is 25.0 Å². The van der Waals surface area contributed by atoms with E-state index in [1.54, 1.807) is 42.5 Å². The van der Waals surface area contributed by atoms with Crippen LogP contribution in [0.15, 0.2) is 46.9 Å². The molecular weight excluding hydrogens is 362 g/mol. The van der Waals surface area contributed by atoms with Gasteiger partial charge >= 0.3 is 0 Å². The first-order valence-electron chi connectivity index (χ1n) is 6.94. The summed E-state index contributed by atoms with van der Waals surface area (Å²) >= 11 is 3.28. The first-order chi connectivity index (χ1) is 11.1. The van der Waals surface area contributed by atoms with Crippen LogP contribution in [-0.2, 0) is 0 Å². The van der Waals surface area contributed by atoms with Crippen LogP contribution in [-0.4, -0.2) is 36.2 Å². The SMILES string of the molecule is O=Cc1cc(Br)ccc1OCCN1C(=O)c2ccccc2C1=O. The molecule has 0 radical (unpaired) electrons. The number of fused-ring (bicyclic) bond motifs is 1. The maximum absolute atomic E-state index is 12.2. The Morgan fingerprint density at radius 3 is 2.30 bits per heavy atom.